The smallest absolute Gasteiger partial charge is 0.258 e. The van der Waals surface area contributed by atoms with E-state index in [1.807, 2.05) is 0 Å². The Hall–Kier alpha value is -2.11. The van der Waals surface area contributed by atoms with Crippen molar-refractivity contribution in [2.45, 2.75) is 0 Å². The van der Waals surface area contributed by atoms with Gasteiger partial charge in [-0.3, -0.25) is 0 Å². The van der Waals surface area contributed by atoms with E-state index in [4.69, 9.17) is 4.74 Å². The first kappa shape index (κ1) is 11.4. The van der Waals surface area contributed by atoms with E-state index in [1.165, 1.54) is 18.2 Å². The summed E-state index contributed by atoms with van der Waals surface area (Å²) >= 11 is 0. The molecule has 0 amide bonds. The molecule has 0 atom stereocenters. The normalized spacial score (nSPS) is 10.4. The van der Waals surface area contributed by atoms with Gasteiger partial charge in [-0.1, -0.05) is 12.1 Å². The number of nitrogens with zero attached hydrogens (tertiary/aromatic N) is 1. The average Bonchev–Trinajstić information content (AvgIpc) is 2.29. The van der Waals surface area contributed by atoms with Crippen molar-refractivity contribution in [1.82, 2.24) is 4.98 Å². The minimum absolute atomic E-state index is 0.276. The first-order valence-electron chi connectivity index (χ1n) is 4.52. The summed E-state index contributed by atoms with van der Waals surface area (Å²) in [6.07, 6.45) is 0. The third-order valence-corrected chi connectivity index (χ3v) is 1.90. The van der Waals surface area contributed by atoms with Gasteiger partial charge in [0, 0.05) is 6.07 Å². The van der Waals surface area contributed by atoms with Gasteiger partial charge in [-0.15, -0.1) is 0 Å². The lowest BCUT2D eigenvalue weighted by Gasteiger charge is -2.06. The van der Waals surface area contributed by atoms with Crippen LogP contribution in [0.4, 0.5) is 17.6 Å². The molecule has 1 aromatic carbocycles. The fourth-order valence-electron chi connectivity index (χ4n) is 1.13. The molecule has 0 fully saturated rings. The molecule has 1 aromatic heterocycles. The molecule has 0 unspecified atom stereocenters. The van der Waals surface area contributed by atoms with Crippen LogP contribution >= 0.6 is 0 Å². The van der Waals surface area contributed by atoms with E-state index >= 15 is 0 Å². The Kier molecular flexibility index (Phi) is 2.95. The largest absolute Gasteiger partial charge is 0.433 e. The second-order valence-corrected chi connectivity index (χ2v) is 3.08. The number of benzene rings is 1. The zero-order chi connectivity index (χ0) is 12.4. The molecular weight excluding hydrogens is 238 g/mol. The van der Waals surface area contributed by atoms with Crippen molar-refractivity contribution in [2.24, 2.45) is 0 Å². The molecule has 0 saturated heterocycles. The lowest BCUT2D eigenvalue weighted by atomic mass is 10.3. The summed E-state index contributed by atoms with van der Waals surface area (Å²) in [4.78, 5) is 2.90. The molecule has 1 heterocycles. The second kappa shape index (κ2) is 4.40. The highest BCUT2D eigenvalue weighted by atomic mass is 19.2. The van der Waals surface area contributed by atoms with E-state index in [-0.39, 0.29) is 11.8 Å². The number of aromatic nitrogens is 1. The fraction of sp³-hybridized carbons (Fsp3) is 0. The summed E-state index contributed by atoms with van der Waals surface area (Å²) in [5.41, 5.74) is 0. The van der Waals surface area contributed by atoms with Gasteiger partial charge in [-0.2, -0.15) is 9.37 Å². The van der Waals surface area contributed by atoms with Crippen LogP contribution in [0.25, 0.3) is 0 Å². The molecule has 0 radical (unpaired) electrons. The number of hydrogen-bond acceptors (Lipinski definition) is 2. The molecule has 2 rings (SSSR count). The molecule has 17 heavy (non-hydrogen) atoms. The van der Waals surface area contributed by atoms with Crippen molar-refractivity contribution in [3.05, 3.63) is 53.7 Å². The van der Waals surface area contributed by atoms with Crippen LogP contribution < -0.4 is 4.74 Å². The van der Waals surface area contributed by atoms with Crippen LogP contribution in [-0.2, 0) is 0 Å². The van der Waals surface area contributed by atoms with E-state index in [0.717, 1.165) is 6.07 Å². The molecule has 2 nitrogen and oxygen atoms in total. The molecular formula is C11H5F4NO. The summed E-state index contributed by atoms with van der Waals surface area (Å²) in [5, 5.41) is 0. The van der Waals surface area contributed by atoms with Crippen molar-refractivity contribution in [1.29, 1.82) is 0 Å². The number of hydrogen-bond donors (Lipinski definition) is 0. The molecule has 0 bridgehead atoms. The van der Waals surface area contributed by atoms with Crippen LogP contribution in [0.15, 0.2) is 30.3 Å². The topological polar surface area (TPSA) is 22.1 Å². The third-order valence-electron chi connectivity index (χ3n) is 1.90. The van der Waals surface area contributed by atoms with Gasteiger partial charge in [-0.05, 0) is 12.1 Å². The summed E-state index contributed by atoms with van der Waals surface area (Å²) < 4.78 is 56.3. The SMILES string of the molecule is Fc1ccccc1Oc1nc(F)c(F)cc1F. The summed E-state index contributed by atoms with van der Waals surface area (Å²) in [6, 6.07) is 5.40. The van der Waals surface area contributed by atoms with Crippen LogP contribution in [-0.4, -0.2) is 4.98 Å². The lowest BCUT2D eigenvalue weighted by Crippen LogP contribution is -1.98. The van der Waals surface area contributed by atoms with Crippen molar-refractivity contribution in [3.8, 4) is 11.6 Å². The minimum atomic E-state index is -1.52. The van der Waals surface area contributed by atoms with Gasteiger partial charge in [0.25, 0.3) is 11.8 Å². The highest BCUT2D eigenvalue weighted by molar-refractivity contribution is 5.29. The number of halogens is 4. The van der Waals surface area contributed by atoms with E-state index in [0.29, 0.717) is 0 Å². The maximum Gasteiger partial charge on any atom is 0.258 e. The van der Waals surface area contributed by atoms with Gasteiger partial charge < -0.3 is 4.74 Å². The summed E-state index contributed by atoms with van der Waals surface area (Å²) in [6.45, 7) is 0. The molecule has 0 saturated carbocycles. The van der Waals surface area contributed by atoms with E-state index in [9.17, 15) is 17.6 Å². The van der Waals surface area contributed by atoms with Crippen molar-refractivity contribution >= 4 is 0 Å². The van der Waals surface area contributed by atoms with E-state index in [2.05, 4.69) is 4.98 Å². The molecule has 0 aliphatic rings. The Balaban J connectivity index is 2.37. The highest BCUT2D eigenvalue weighted by Gasteiger charge is 2.14. The van der Waals surface area contributed by atoms with Gasteiger partial charge >= 0.3 is 0 Å². The predicted molar refractivity (Wildman–Crippen MR) is 50.6 cm³/mol. The van der Waals surface area contributed by atoms with Crippen molar-refractivity contribution in [3.63, 3.8) is 0 Å². The van der Waals surface area contributed by atoms with E-state index < -0.39 is 29.3 Å². The van der Waals surface area contributed by atoms with Gasteiger partial charge in [0.2, 0.25) is 0 Å². The number of rotatable bonds is 2. The van der Waals surface area contributed by atoms with Crippen LogP contribution in [0.5, 0.6) is 11.6 Å². The van der Waals surface area contributed by atoms with E-state index in [1.54, 1.807) is 0 Å². The van der Waals surface area contributed by atoms with Crippen molar-refractivity contribution in [2.75, 3.05) is 0 Å². The van der Waals surface area contributed by atoms with Crippen LogP contribution in [0.1, 0.15) is 0 Å². The maximum absolute atomic E-state index is 13.1. The van der Waals surface area contributed by atoms with Crippen molar-refractivity contribution < 1.29 is 22.3 Å². The molecule has 0 N–H and O–H groups in total. The predicted octanol–water partition coefficient (Wildman–Crippen LogP) is 3.43. The maximum atomic E-state index is 13.1. The van der Waals surface area contributed by atoms with Gasteiger partial charge in [0.15, 0.2) is 23.2 Å². The lowest BCUT2D eigenvalue weighted by molar-refractivity contribution is 0.372. The first-order valence-corrected chi connectivity index (χ1v) is 4.52. The molecule has 88 valence electrons. The number of para-hydroxylation sites is 1. The van der Waals surface area contributed by atoms with Crippen LogP contribution in [0.3, 0.4) is 0 Å². The molecule has 0 aliphatic heterocycles. The number of pyridine rings is 1. The standard InChI is InChI=1S/C11H5F4NO/c12-6-3-1-2-4-9(6)17-11-8(14)5-7(13)10(15)16-11/h1-5H. The quantitative estimate of drug-likeness (QED) is 0.595. The highest BCUT2D eigenvalue weighted by Crippen LogP contribution is 2.25. The fourth-order valence-corrected chi connectivity index (χ4v) is 1.13. The Morgan fingerprint density at radius 3 is 2.29 bits per heavy atom. The van der Waals surface area contributed by atoms with Crippen LogP contribution in [0, 0.1) is 23.4 Å². The second-order valence-electron chi connectivity index (χ2n) is 3.08. The summed E-state index contributed by atoms with van der Waals surface area (Å²) in [5.74, 6) is -6.09. The third kappa shape index (κ3) is 2.35. The Bertz CT molecular complexity index is 559. The first-order chi connectivity index (χ1) is 8.08. The van der Waals surface area contributed by atoms with Crippen LogP contribution in [0.2, 0.25) is 0 Å². The summed E-state index contributed by atoms with van der Waals surface area (Å²) in [7, 11) is 0. The number of ether oxygens (including phenoxy) is 1. The minimum Gasteiger partial charge on any atom is -0.433 e. The monoisotopic (exact) mass is 243 g/mol. The van der Waals surface area contributed by atoms with Gasteiger partial charge in [0.05, 0.1) is 0 Å². The Morgan fingerprint density at radius 1 is 0.882 bits per heavy atom. The average molecular weight is 243 g/mol. The zero-order valence-electron chi connectivity index (χ0n) is 8.25. The molecule has 6 heteroatoms. The molecule has 2 aromatic rings. The van der Waals surface area contributed by atoms with Gasteiger partial charge in [0.1, 0.15) is 0 Å². The van der Waals surface area contributed by atoms with Gasteiger partial charge in [-0.25, -0.2) is 13.2 Å². The molecule has 0 spiro atoms. The zero-order valence-corrected chi connectivity index (χ0v) is 8.25. The Labute approximate surface area is 93.5 Å². The molecule has 0 aliphatic carbocycles. The Morgan fingerprint density at radius 2 is 1.59 bits per heavy atom.